The fourth-order valence-corrected chi connectivity index (χ4v) is 8.10. The molecule has 7 aromatic rings. The molecular weight excluding hydrogens is 747 g/mol. The highest BCUT2D eigenvalue weighted by Gasteiger charge is 2.25. The van der Waals surface area contributed by atoms with Crippen LogP contribution in [0.1, 0.15) is 88.2 Å². The fourth-order valence-electron chi connectivity index (χ4n) is 7.45. The van der Waals surface area contributed by atoms with E-state index in [1.165, 1.54) is 6.26 Å². The van der Waals surface area contributed by atoms with Crippen molar-refractivity contribution in [3.05, 3.63) is 96.1 Å². The van der Waals surface area contributed by atoms with E-state index < -0.39 is 9.84 Å². The summed E-state index contributed by atoms with van der Waals surface area (Å²) in [5.74, 6) is 2.99. The Bertz CT molecular complexity index is 2630. The molecule has 0 fully saturated rings. The van der Waals surface area contributed by atoms with Crippen LogP contribution in [0.5, 0.6) is 0 Å². The van der Waals surface area contributed by atoms with Gasteiger partial charge in [0.2, 0.25) is 0 Å². The number of nitrogens with one attached hydrogen (secondary N) is 1. The molecule has 4 heterocycles. The number of fused-ring (bicyclic) bond motifs is 6. The van der Waals surface area contributed by atoms with Gasteiger partial charge in [0.05, 0.1) is 27.8 Å². The first-order valence-corrected chi connectivity index (χ1v) is 22.4. The Labute approximate surface area is 341 Å². The molecule has 12 nitrogen and oxygen atoms in total. The molecule has 13 heteroatoms. The Hall–Kier alpha value is -5.56. The summed E-state index contributed by atoms with van der Waals surface area (Å²) in [6.45, 7) is 10.6. The Morgan fingerprint density at radius 2 is 1.21 bits per heavy atom. The number of benzene rings is 3. The van der Waals surface area contributed by atoms with E-state index in [9.17, 15) is 13.2 Å². The minimum Gasteiger partial charge on any atom is -0.382 e. The third-order valence-electron chi connectivity index (χ3n) is 10.4. The summed E-state index contributed by atoms with van der Waals surface area (Å²) in [5.41, 5.74) is 18.1. The van der Waals surface area contributed by atoms with Crippen molar-refractivity contribution >= 4 is 71.3 Å². The van der Waals surface area contributed by atoms with E-state index in [-0.39, 0.29) is 17.1 Å². The second-order valence-corrected chi connectivity index (χ2v) is 18.2. The monoisotopic (exact) mass is 803 g/mol. The predicted octanol–water partition coefficient (Wildman–Crippen LogP) is 8.30. The number of pyridine rings is 2. The number of carbonyl (C=O) groups excluding carboxylic acids is 1. The number of nitrogen functional groups attached to an aromatic ring is 2. The van der Waals surface area contributed by atoms with Crippen molar-refractivity contribution in [2.75, 3.05) is 30.0 Å². The van der Waals surface area contributed by atoms with Crippen molar-refractivity contribution in [2.45, 2.75) is 92.2 Å². The molecule has 0 saturated carbocycles. The maximum atomic E-state index is 12.6. The van der Waals surface area contributed by atoms with E-state index in [0.29, 0.717) is 43.3 Å². The van der Waals surface area contributed by atoms with E-state index in [0.717, 1.165) is 100 Å². The van der Waals surface area contributed by atoms with Crippen LogP contribution < -0.4 is 16.8 Å². The molecule has 0 saturated heterocycles. The normalized spacial score (nSPS) is 12.0. The molecule has 7 rings (SSSR count). The van der Waals surface area contributed by atoms with Gasteiger partial charge in [-0.2, -0.15) is 0 Å². The van der Waals surface area contributed by atoms with Gasteiger partial charge < -0.3 is 25.9 Å². The average Bonchev–Trinajstić information content (AvgIpc) is 3.75. The maximum Gasteiger partial charge on any atom is 0.251 e. The topological polar surface area (TPSA) is 177 Å². The van der Waals surface area contributed by atoms with Crippen molar-refractivity contribution in [1.82, 2.24) is 34.4 Å². The first kappa shape index (κ1) is 42.1. The lowest BCUT2D eigenvalue weighted by Gasteiger charge is -2.27. The van der Waals surface area contributed by atoms with E-state index in [1.54, 1.807) is 0 Å². The summed E-state index contributed by atoms with van der Waals surface area (Å²) in [7, 11) is -2.99. The summed E-state index contributed by atoms with van der Waals surface area (Å²) in [5, 5.41) is 5.16. The van der Waals surface area contributed by atoms with Gasteiger partial charge in [-0.25, -0.2) is 28.4 Å². The molecule has 58 heavy (non-hydrogen) atoms. The van der Waals surface area contributed by atoms with Crippen LogP contribution in [-0.2, 0) is 35.8 Å². The predicted molar refractivity (Wildman–Crippen MR) is 238 cm³/mol. The zero-order valence-corrected chi connectivity index (χ0v) is 35.3. The van der Waals surface area contributed by atoms with Crippen LogP contribution in [0.4, 0.5) is 11.6 Å². The Morgan fingerprint density at radius 1 is 0.690 bits per heavy atom. The summed E-state index contributed by atoms with van der Waals surface area (Å²) in [6, 6.07) is 25.3. The number of amides is 1. The number of nitrogens with two attached hydrogens (primary N) is 2. The number of hydrogen-bond donors (Lipinski definition) is 3. The van der Waals surface area contributed by atoms with E-state index in [2.05, 4.69) is 58.2 Å². The van der Waals surface area contributed by atoms with Crippen LogP contribution in [0.3, 0.4) is 0 Å². The molecule has 0 atom stereocenters. The van der Waals surface area contributed by atoms with Gasteiger partial charge in [0.25, 0.3) is 5.91 Å². The minimum atomic E-state index is -2.99. The largest absolute Gasteiger partial charge is 0.382 e. The highest BCUT2D eigenvalue weighted by Crippen LogP contribution is 2.32. The number of unbranched alkanes of at least 4 members (excludes halogenated alkanes) is 3. The van der Waals surface area contributed by atoms with Gasteiger partial charge in [0.1, 0.15) is 32.5 Å². The van der Waals surface area contributed by atoms with Crippen LogP contribution in [0.2, 0.25) is 0 Å². The lowest BCUT2D eigenvalue weighted by atomic mass is 9.92. The van der Waals surface area contributed by atoms with Crippen LogP contribution in [0, 0.1) is 5.41 Å². The molecule has 0 bridgehead atoms. The molecule has 0 aliphatic carbocycles. The zero-order valence-electron chi connectivity index (χ0n) is 34.5. The average molecular weight is 804 g/mol. The van der Waals surface area contributed by atoms with Gasteiger partial charge in [0, 0.05) is 60.5 Å². The number of aromatic nitrogens is 6. The summed E-state index contributed by atoms with van der Waals surface area (Å²) < 4.78 is 27.5. The van der Waals surface area contributed by atoms with Gasteiger partial charge in [0.15, 0.2) is 11.6 Å². The number of carbonyl (C=O) groups is 1. The SMILES string of the molecule is CCCCCc1nc2c(N)nc3ccccc3c2n1CCCS(C)(=O)=O.CCCCc1nc2c(N)nc3ccccc3c2n1CC(C)(C)CNC(=O)c1ccccc1. The molecule has 0 aliphatic rings. The number of nitrogens with zero attached hydrogens (tertiary/aromatic N) is 6. The molecular formula is C45H57N9O3S. The molecule has 0 spiro atoms. The molecule has 0 radical (unpaired) electrons. The van der Waals surface area contributed by atoms with Crippen molar-refractivity contribution in [1.29, 1.82) is 0 Å². The van der Waals surface area contributed by atoms with Crippen LogP contribution in [0.25, 0.3) is 43.9 Å². The number of hydrogen-bond acceptors (Lipinski definition) is 9. The third-order valence-corrected chi connectivity index (χ3v) is 11.4. The number of para-hydroxylation sites is 2. The third kappa shape index (κ3) is 9.93. The molecule has 4 aromatic heterocycles. The number of anilines is 2. The lowest BCUT2D eigenvalue weighted by Crippen LogP contribution is -2.36. The number of aryl methyl sites for hydroxylation is 3. The first-order chi connectivity index (χ1) is 27.8. The van der Waals surface area contributed by atoms with E-state index >= 15 is 0 Å². The second-order valence-electron chi connectivity index (χ2n) is 16.0. The van der Waals surface area contributed by atoms with Crippen molar-refractivity contribution in [3.63, 3.8) is 0 Å². The van der Waals surface area contributed by atoms with Crippen molar-refractivity contribution < 1.29 is 13.2 Å². The van der Waals surface area contributed by atoms with Gasteiger partial charge in [-0.15, -0.1) is 0 Å². The van der Waals surface area contributed by atoms with Crippen LogP contribution in [0.15, 0.2) is 78.9 Å². The molecule has 1 amide bonds. The Morgan fingerprint density at radius 3 is 1.78 bits per heavy atom. The number of rotatable bonds is 16. The van der Waals surface area contributed by atoms with Crippen LogP contribution in [-0.4, -0.2) is 61.9 Å². The van der Waals surface area contributed by atoms with Crippen molar-refractivity contribution in [2.24, 2.45) is 5.41 Å². The highest BCUT2D eigenvalue weighted by atomic mass is 32.2. The van der Waals surface area contributed by atoms with Gasteiger partial charge in [-0.1, -0.05) is 102 Å². The van der Waals surface area contributed by atoms with Gasteiger partial charge in [-0.3, -0.25) is 4.79 Å². The smallest absolute Gasteiger partial charge is 0.251 e. The number of imidazole rings is 2. The van der Waals surface area contributed by atoms with Gasteiger partial charge >= 0.3 is 0 Å². The van der Waals surface area contributed by atoms with Crippen LogP contribution >= 0.6 is 0 Å². The summed E-state index contributed by atoms with van der Waals surface area (Å²) >= 11 is 0. The van der Waals surface area contributed by atoms with E-state index in [4.69, 9.17) is 21.4 Å². The Balaban J connectivity index is 0.000000200. The number of sulfone groups is 1. The highest BCUT2D eigenvalue weighted by molar-refractivity contribution is 7.90. The van der Waals surface area contributed by atoms with Crippen molar-refractivity contribution in [3.8, 4) is 0 Å². The molecule has 0 aliphatic heterocycles. The molecule has 5 N–H and O–H groups in total. The maximum absolute atomic E-state index is 12.6. The first-order valence-electron chi connectivity index (χ1n) is 20.4. The quantitative estimate of drug-likeness (QED) is 0.0811. The lowest BCUT2D eigenvalue weighted by molar-refractivity contribution is 0.0932. The molecule has 3 aromatic carbocycles. The fraction of sp³-hybridized carbons (Fsp3) is 0.400. The molecule has 306 valence electrons. The summed E-state index contributed by atoms with van der Waals surface area (Å²) in [4.78, 5) is 31.3. The molecule has 0 unspecified atom stereocenters. The standard InChI is InChI=1S/C26H31N5O.C19H26N4O2S/c1-4-5-15-21-30-22-23(19-13-9-10-14-20(19)29-24(22)27)31(21)17-26(2,3)16-28-25(32)18-11-7-6-8-12-18;1-3-4-5-11-16-22-17-18(23(16)12-8-13-26(2,24)25)14-9-6-7-10-15(14)21-19(17)20/h6-14H,4-5,15-17H2,1-3H3,(H2,27,29)(H,28,32);6-7,9-10H,3-5,8,11-13H2,1-2H3,(H2,20,21). The Kier molecular flexibility index (Phi) is 13.3. The minimum absolute atomic E-state index is 0.0562. The zero-order chi connectivity index (χ0) is 41.5. The summed E-state index contributed by atoms with van der Waals surface area (Å²) in [6.07, 6.45) is 9.05. The van der Waals surface area contributed by atoms with Gasteiger partial charge in [-0.05, 0) is 43.5 Å². The van der Waals surface area contributed by atoms with E-state index in [1.807, 2.05) is 72.8 Å². The second kappa shape index (κ2) is 18.4.